The Labute approximate surface area is 455 Å². The van der Waals surface area contributed by atoms with Crippen LogP contribution in [0.25, 0.3) is 0 Å². The van der Waals surface area contributed by atoms with Crippen molar-refractivity contribution in [3.05, 3.63) is 97.2 Å². The summed E-state index contributed by atoms with van der Waals surface area (Å²) in [5.74, 6) is -0.0711. The molecule has 0 aliphatic rings. The van der Waals surface area contributed by atoms with E-state index in [1.807, 2.05) is 6.08 Å². The standard InChI is InChI=1S/C69H123NO3/c1-3-5-7-9-11-13-15-17-19-21-23-25-27-28-29-30-31-32-33-34-35-36-37-38-39-40-41-42-43-45-47-49-51-53-55-57-59-61-63-65-69(73)70-67(66-71)68(72)64-62-60-58-56-54-52-50-48-46-44-26-24-22-20-18-16-14-12-10-8-6-4-2/h5,7,11,13,17,19,23,25,28-29,31-32,54,56,62,64,67-68,71-72H,3-4,6,8-10,12,14-16,18,20-22,24,26-27,30,33-53,55,57-61,63,65-66H2,1-2H3,(H,70,73)/b7-5-,13-11-,19-17-,25-23-,29-28-,32-31-,56-54+,64-62+. The fraction of sp³-hybridized carbons (Fsp3) is 0.754. The lowest BCUT2D eigenvalue weighted by atomic mass is 10.0. The van der Waals surface area contributed by atoms with E-state index in [1.165, 1.54) is 225 Å². The molecule has 4 heteroatoms. The molecule has 0 aromatic carbocycles. The topological polar surface area (TPSA) is 69.6 Å². The highest BCUT2D eigenvalue weighted by molar-refractivity contribution is 5.76. The molecule has 1 amide bonds. The molecule has 0 aliphatic carbocycles. The summed E-state index contributed by atoms with van der Waals surface area (Å²) in [6.45, 7) is 4.20. The van der Waals surface area contributed by atoms with Crippen LogP contribution in [0.15, 0.2) is 97.2 Å². The lowest BCUT2D eigenvalue weighted by Crippen LogP contribution is -2.45. The van der Waals surface area contributed by atoms with Crippen molar-refractivity contribution < 1.29 is 15.0 Å². The van der Waals surface area contributed by atoms with Gasteiger partial charge in [-0.15, -0.1) is 0 Å². The van der Waals surface area contributed by atoms with Crippen LogP contribution in [0.1, 0.15) is 316 Å². The molecule has 0 saturated heterocycles. The largest absolute Gasteiger partial charge is 0.394 e. The van der Waals surface area contributed by atoms with Gasteiger partial charge >= 0.3 is 0 Å². The number of amides is 1. The van der Waals surface area contributed by atoms with Crippen LogP contribution < -0.4 is 5.32 Å². The molecule has 0 bridgehead atoms. The molecule has 0 radical (unpaired) electrons. The van der Waals surface area contributed by atoms with E-state index in [0.717, 1.165) is 70.6 Å². The molecule has 0 saturated carbocycles. The Balaban J connectivity index is 3.49. The maximum Gasteiger partial charge on any atom is 0.220 e. The summed E-state index contributed by atoms with van der Waals surface area (Å²) >= 11 is 0. The minimum absolute atomic E-state index is 0.0711. The smallest absolute Gasteiger partial charge is 0.220 e. The summed E-state index contributed by atoms with van der Waals surface area (Å²) < 4.78 is 0. The molecule has 73 heavy (non-hydrogen) atoms. The number of rotatable bonds is 58. The number of hydrogen-bond acceptors (Lipinski definition) is 3. The third kappa shape index (κ3) is 60.1. The van der Waals surface area contributed by atoms with Gasteiger partial charge in [-0.25, -0.2) is 0 Å². The summed E-state index contributed by atoms with van der Waals surface area (Å²) in [7, 11) is 0. The van der Waals surface area contributed by atoms with Gasteiger partial charge in [-0.2, -0.15) is 0 Å². The third-order valence-electron chi connectivity index (χ3n) is 14.3. The Bertz CT molecular complexity index is 1330. The van der Waals surface area contributed by atoms with Crippen molar-refractivity contribution in [1.82, 2.24) is 5.32 Å². The predicted molar refractivity (Wildman–Crippen MR) is 326 cm³/mol. The first-order valence-corrected chi connectivity index (χ1v) is 32.0. The van der Waals surface area contributed by atoms with Crippen LogP contribution in [-0.2, 0) is 4.79 Å². The lowest BCUT2D eigenvalue weighted by molar-refractivity contribution is -0.123. The molecule has 0 aromatic rings. The van der Waals surface area contributed by atoms with E-state index in [2.05, 4.69) is 104 Å². The fourth-order valence-electron chi connectivity index (χ4n) is 9.50. The van der Waals surface area contributed by atoms with Crippen molar-refractivity contribution in [2.75, 3.05) is 6.61 Å². The Kier molecular flexibility index (Phi) is 61.3. The minimum atomic E-state index is -0.866. The third-order valence-corrected chi connectivity index (χ3v) is 14.3. The van der Waals surface area contributed by atoms with Crippen LogP contribution in [0.3, 0.4) is 0 Å². The number of hydrogen-bond donors (Lipinski definition) is 3. The van der Waals surface area contributed by atoms with E-state index < -0.39 is 12.1 Å². The molecule has 0 aliphatic heterocycles. The van der Waals surface area contributed by atoms with Gasteiger partial charge < -0.3 is 15.5 Å². The average molecular weight is 1010 g/mol. The van der Waals surface area contributed by atoms with Crippen molar-refractivity contribution in [2.45, 2.75) is 328 Å². The number of aliphatic hydroxyl groups is 2. The highest BCUT2D eigenvalue weighted by Crippen LogP contribution is 2.17. The van der Waals surface area contributed by atoms with E-state index in [4.69, 9.17) is 0 Å². The second-order valence-electron chi connectivity index (χ2n) is 21.4. The summed E-state index contributed by atoms with van der Waals surface area (Å²) in [5, 5.41) is 23.2. The van der Waals surface area contributed by atoms with E-state index in [0.29, 0.717) is 6.42 Å². The first kappa shape index (κ1) is 70.3. The molecule has 3 N–H and O–H groups in total. The first-order chi connectivity index (χ1) is 36.2. The zero-order valence-electron chi connectivity index (χ0n) is 48.6. The quantitative estimate of drug-likeness (QED) is 0.0420. The van der Waals surface area contributed by atoms with Crippen LogP contribution in [0.4, 0.5) is 0 Å². The number of carbonyl (C=O) groups is 1. The van der Waals surface area contributed by atoms with Crippen LogP contribution in [0.2, 0.25) is 0 Å². The molecular weight excluding hydrogens is 891 g/mol. The predicted octanol–water partition coefficient (Wildman–Crippen LogP) is 21.6. The first-order valence-electron chi connectivity index (χ1n) is 32.0. The van der Waals surface area contributed by atoms with Crippen molar-refractivity contribution in [1.29, 1.82) is 0 Å². The normalized spacial score (nSPS) is 13.4. The number of aliphatic hydroxyl groups excluding tert-OH is 2. The highest BCUT2D eigenvalue weighted by Gasteiger charge is 2.18. The monoisotopic (exact) mass is 1010 g/mol. The van der Waals surface area contributed by atoms with Crippen LogP contribution >= 0.6 is 0 Å². The Morgan fingerprint density at radius 3 is 0.959 bits per heavy atom. The van der Waals surface area contributed by atoms with Gasteiger partial charge in [-0.1, -0.05) is 323 Å². The van der Waals surface area contributed by atoms with Gasteiger partial charge in [0.25, 0.3) is 0 Å². The molecule has 2 unspecified atom stereocenters. The Morgan fingerprint density at radius 2 is 0.616 bits per heavy atom. The summed E-state index contributed by atoms with van der Waals surface area (Å²) in [6, 6.07) is -0.643. The van der Waals surface area contributed by atoms with Crippen molar-refractivity contribution in [3.8, 4) is 0 Å². The zero-order valence-corrected chi connectivity index (χ0v) is 48.6. The molecule has 0 fully saturated rings. The van der Waals surface area contributed by atoms with E-state index in [1.54, 1.807) is 6.08 Å². The van der Waals surface area contributed by atoms with Crippen molar-refractivity contribution in [2.24, 2.45) is 0 Å². The molecule has 0 heterocycles. The average Bonchev–Trinajstić information content (AvgIpc) is 3.40. The Morgan fingerprint density at radius 1 is 0.342 bits per heavy atom. The number of nitrogens with one attached hydrogen (secondary N) is 1. The van der Waals surface area contributed by atoms with Gasteiger partial charge in [0.1, 0.15) is 0 Å². The number of unbranched alkanes of at least 4 members (excludes halogenated alkanes) is 37. The molecule has 0 rings (SSSR count). The number of allylic oxidation sites excluding steroid dienone is 15. The summed E-state index contributed by atoms with van der Waals surface area (Å²) in [6.07, 6.45) is 94.6. The fourth-order valence-corrected chi connectivity index (χ4v) is 9.50. The summed E-state index contributed by atoms with van der Waals surface area (Å²) in [5.41, 5.74) is 0. The van der Waals surface area contributed by atoms with Gasteiger partial charge in [-0.3, -0.25) is 4.79 Å². The molecule has 0 spiro atoms. The maximum absolute atomic E-state index is 12.5. The van der Waals surface area contributed by atoms with Gasteiger partial charge in [0.2, 0.25) is 5.91 Å². The van der Waals surface area contributed by atoms with Crippen molar-refractivity contribution in [3.63, 3.8) is 0 Å². The summed E-state index contributed by atoms with van der Waals surface area (Å²) in [4.78, 5) is 12.5. The maximum atomic E-state index is 12.5. The molecule has 0 aromatic heterocycles. The second-order valence-corrected chi connectivity index (χ2v) is 21.4. The van der Waals surface area contributed by atoms with E-state index in [9.17, 15) is 15.0 Å². The molecule has 422 valence electrons. The van der Waals surface area contributed by atoms with Crippen LogP contribution in [-0.4, -0.2) is 34.9 Å². The minimum Gasteiger partial charge on any atom is -0.394 e. The highest BCUT2D eigenvalue weighted by atomic mass is 16.3. The number of carbonyl (C=O) groups excluding carboxylic acids is 1. The molecule has 2 atom stereocenters. The van der Waals surface area contributed by atoms with E-state index >= 15 is 0 Å². The van der Waals surface area contributed by atoms with Crippen molar-refractivity contribution >= 4 is 5.91 Å². The molecular formula is C69H123NO3. The zero-order chi connectivity index (χ0) is 52.7. The lowest BCUT2D eigenvalue weighted by Gasteiger charge is -2.19. The SMILES string of the molecule is CC/C=C\C/C=C\C/C=C\C/C=C\C/C=C\C/C=C\CCCCCCCCCCCCCCCCCCCCCCC(=O)NC(CO)C(O)/C=C/CC/C=C/CCCCCCCCCCCCCCCCCC. The van der Waals surface area contributed by atoms with Gasteiger partial charge in [0.15, 0.2) is 0 Å². The second kappa shape index (κ2) is 63.6. The van der Waals surface area contributed by atoms with Gasteiger partial charge in [-0.05, 0) is 83.5 Å². The van der Waals surface area contributed by atoms with Crippen LogP contribution in [0, 0.1) is 0 Å². The van der Waals surface area contributed by atoms with E-state index in [-0.39, 0.29) is 12.5 Å². The molecule has 4 nitrogen and oxygen atoms in total. The Hall–Kier alpha value is -2.69. The van der Waals surface area contributed by atoms with Gasteiger partial charge in [0.05, 0.1) is 18.8 Å². The van der Waals surface area contributed by atoms with Crippen LogP contribution in [0.5, 0.6) is 0 Å². The van der Waals surface area contributed by atoms with Gasteiger partial charge in [0, 0.05) is 6.42 Å².